The van der Waals surface area contributed by atoms with Crippen LogP contribution in [0.3, 0.4) is 0 Å². The summed E-state index contributed by atoms with van der Waals surface area (Å²) in [6, 6.07) is 1.74. The van der Waals surface area contributed by atoms with Gasteiger partial charge in [0, 0.05) is 5.02 Å². The Kier molecular flexibility index (Phi) is 4.03. The first-order valence-electron chi connectivity index (χ1n) is 4.33. The number of hydrogen-bond acceptors (Lipinski definition) is 2. The Bertz CT molecular complexity index is 380. The molecule has 0 radical (unpaired) electrons. The molecular formula is C10H9ClF2O2. The van der Waals surface area contributed by atoms with Crippen LogP contribution in [0.25, 0.3) is 0 Å². The molecule has 82 valence electrons. The molecule has 2 nitrogen and oxygen atoms in total. The van der Waals surface area contributed by atoms with E-state index in [4.69, 9.17) is 11.6 Å². The van der Waals surface area contributed by atoms with Gasteiger partial charge in [-0.2, -0.15) is 0 Å². The molecule has 0 aliphatic carbocycles. The summed E-state index contributed by atoms with van der Waals surface area (Å²) in [4.78, 5) is 11.1. The molecule has 0 saturated heterocycles. The lowest BCUT2D eigenvalue weighted by Gasteiger charge is -2.04. The summed E-state index contributed by atoms with van der Waals surface area (Å²) in [6.07, 6.45) is -0.163. The maximum Gasteiger partial charge on any atom is 0.310 e. The molecule has 0 spiro atoms. The van der Waals surface area contributed by atoms with E-state index >= 15 is 0 Å². The minimum atomic E-state index is -1.03. The zero-order valence-electron chi connectivity index (χ0n) is 8.02. The maximum absolute atomic E-state index is 12.8. The number of hydrogen-bond donors (Lipinski definition) is 0. The third kappa shape index (κ3) is 3.16. The van der Waals surface area contributed by atoms with Crippen LogP contribution in [-0.2, 0) is 16.0 Å². The van der Waals surface area contributed by atoms with Gasteiger partial charge in [-0.15, -0.1) is 0 Å². The first kappa shape index (κ1) is 11.9. The number of carbonyl (C=O) groups is 1. The second-order valence-electron chi connectivity index (χ2n) is 2.84. The predicted octanol–water partition coefficient (Wildman–Crippen LogP) is 2.72. The smallest absolute Gasteiger partial charge is 0.310 e. The monoisotopic (exact) mass is 234 g/mol. The van der Waals surface area contributed by atoms with E-state index in [0.717, 1.165) is 12.1 Å². The number of esters is 1. The molecule has 15 heavy (non-hydrogen) atoms. The van der Waals surface area contributed by atoms with E-state index in [2.05, 4.69) is 4.74 Å². The van der Waals surface area contributed by atoms with Crippen molar-refractivity contribution in [3.05, 3.63) is 34.4 Å². The van der Waals surface area contributed by atoms with Crippen LogP contribution in [0, 0.1) is 11.6 Å². The second kappa shape index (κ2) is 5.07. The molecule has 1 rings (SSSR count). The van der Waals surface area contributed by atoms with Crippen LogP contribution in [0.2, 0.25) is 5.02 Å². The molecule has 0 N–H and O–H groups in total. The van der Waals surface area contributed by atoms with Crippen LogP contribution in [0.15, 0.2) is 12.1 Å². The van der Waals surface area contributed by atoms with Gasteiger partial charge in [0.15, 0.2) is 11.6 Å². The molecule has 5 heteroatoms. The van der Waals surface area contributed by atoms with Gasteiger partial charge in [-0.25, -0.2) is 8.78 Å². The molecule has 0 amide bonds. The van der Waals surface area contributed by atoms with Gasteiger partial charge >= 0.3 is 5.97 Å². The zero-order chi connectivity index (χ0) is 11.4. The standard InChI is InChI=1S/C10H9ClF2O2/c1-2-15-10(14)4-6-3-8(12)9(13)5-7(6)11/h3,5H,2,4H2,1H3. The van der Waals surface area contributed by atoms with Crippen LogP contribution >= 0.6 is 11.6 Å². The van der Waals surface area contributed by atoms with Crippen molar-refractivity contribution in [2.75, 3.05) is 6.61 Å². The number of ether oxygens (including phenoxy) is 1. The molecule has 0 heterocycles. The van der Waals surface area contributed by atoms with E-state index in [-0.39, 0.29) is 23.6 Å². The van der Waals surface area contributed by atoms with Gasteiger partial charge in [-0.1, -0.05) is 11.6 Å². The highest BCUT2D eigenvalue weighted by Crippen LogP contribution is 2.20. The zero-order valence-corrected chi connectivity index (χ0v) is 8.78. The average molecular weight is 235 g/mol. The van der Waals surface area contributed by atoms with Gasteiger partial charge in [0.2, 0.25) is 0 Å². The quantitative estimate of drug-likeness (QED) is 0.594. The third-order valence-electron chi connectivity index (χ3n) is 1.73. The highest BCUT2D eigenvalue weighted by Gasteiger charge is 2.12. The van der Waals surface area contributed by atoms with Gasteiger partial charge < -0.3 is 4.74 Å². The molecule has 0 saturated carbocycles. The molecule has 1 aromatic carbocycles. The molecule has 0 aromatic heterocycles. The summed E-state index contributed by atoms with van der Waals surface area (Å²) >= 11 is 5.63. The summed E-state index contributed by atoms with van der Waals surface area (Å²) < 4.78 is 30.1. The van der Waals surface area contributed by atoms with E-state index in [1.165, 1.54) is 0 Å². The summed E-state index contributed by atoms with van der Waals surface area (Å²) in [5.41, 5.74) is 0.217. The Labute approximate surface area is 90.8 Å². The minimum absolute atomic E-state index is 0.0157. The van der Waals surface area contributed by atoms with Crippen molar-refractivity contribution in [2.45, 2.75) is 13.3 Å². The lowest BCUT2D eigenvalue weighted by molar-refractivity contribution is -0.142. The van der Waals surface area contributed by atoms with Crippen LogP contribution in [-0.4, -0.2) is 12.6 Å². The van der Waals surface area contributed by atoms with Crippen molar-refractivity contribution < 1.29 is 18.3 Å². The fourth-order valence-corrected chi connectivity index (χ4v) is 1.28. The topological polar surface area (TPSA) is 26.3 Å². The first-order chi connectivity index (χ1) is 7.04. The Morgan fingerprint density at radius 2 is 2.00 bits per heavy atom. The Morgan fingerprint density at radius 1 is 1.40 bits per heavy atom. The molecule has 0 fully saturated rings. The second-order valence-corrected chi connectivity index (χ2v) is 3.25. The molecule has 0 atom stereocenters. The fraction of sp³-hybridized carbons (Fsp3) is 0.300. The lowest BCUT2D eigenvalue weighted by Crippen LogP contribution is -2.08. The number of carbonyl (C=O) groups excluding carboxylic acids is 1. The fourth-order valence-electron chi connectivity index (χ4n) is 1.07. The Balaban J connectivity index is 2.86. The highest BCUT2D eigenvalue weighted by molar-refractivity contribution is 6.31. The van der Waals surface area contributed by atoms with E-state index in [1.807, 2.05) is 0 Å². The van der Waals surface area contributed by atoms with Crippen molar-refractivity contribution in [2.24, 2.45) is 0 Å². The molecule has 0 aliphatic heterocycles. The molecule has 1 aromatic rings. The van der Waals surface area contributed by atoms with E-state index in [0.29, 0.717) is 0 Å². The number of benzene rings is 1. The number of halogens is 3. The molecule has 0 aliphatic rings. The highest BCUT2D eigenvalue weighted by atomic mass is 35.5. The summed E-state index contributed by atoms with van der Waals surface area (Å²) in [5, 5.41) is 0.0157. The molecular weight excluding hydrogens is 226 g/mol. The van der Waals surface area contributed by atoms with Crippen molar-refractivity contribution in [3.8, 4) is 0 Å². The SMILES string of the molecule is CCOC(=O)Cc1cc(F)c(F)cc1Cl. The summed E-state index contributed by atoms with van der Waals surface area (Å²) in [5.74, 6) is -2.59. The normalized spacial score (nSPS) is 10.1. The van der Waals surface area contributed by atoms with Gasteiger partial charge in [0.05, 0.1) is 13.0 Å². The third-order valence-corrected chi connectivity index (χ3v) is 2.08. The van der Waals surface area contributed by atoms with Crippen LogP contribution in [0.4, 0.5) is 8.78 Å². The van der Waals surface area contributed by atoms with Gasteiger partial charge in [-0.3, -0.25) is 4.79 Å². The summed E-state index contributed by atoms with van der Waals surface area (Å²) in [6.45, 7) is 1.89. The molecule has 0 unspecified atom stereocenters. The van der Waals surface area contributed by atoms with Crippen LogP contribution in [0.1, 0.15) is 12.5 Å². The van der Waals surface area contributed by atoms with Gasteiger partial charge in [-0.05, 0) is 24.6 Å². The minimum Gasteiger partial charge on any atom is -0.466 e. The molecule has 0 bridgehead atoms. The Morgan fingerprint density at radius 3 is 2.60 bits per heavy atom. The van der Waals surface area contributed by atoms with Gasteiger partial charge in [0.1, 0.15) is 0 Å². The predicted molar refractivity (Wildman–Crippen MR) is 51.7 cm³/mol. The largest absolute Gasteiger partial charge is 0.466 e. The lowest BCUT2D eigenvalue weighted by atomic mass is 10.1. The van der Waals surface area contributed by atoms with Crippen LogP contribution < -0.4 is 0 Å². The van der Waals surface area contributed by atoms with Crippen molar-refractivity contribution in [1.82, 2.24) is 0 Å². The summed E-state index contributed by atoms with van der Waals surface area (Å²) in [7, 11) is 0. The van der Waals surface area contributed by atoms with Crippen LogP contribution in [0.5, 0.6) is 0 Å². The first-order valence-corrected chi connectivity index (χ1v) is 4.71. The van der Waals surface area contributed by atoms with Crippen molar-refractivity contribution in [3.63, 3.8) is 0 Å². The van der Waals surface area contributed by atoms with Gasteiger partial charge in [0.25, 0.3) is 0 Å². The van der Waals surface area contributed by atoms with Crippen molar-refractivity contribution >= 4 is 17.6 Å². The van der Waals surface area contributed by atoms with E-state index in [1.54, 1.807) is 6.92 Å². The average Bonchev–Trinajstić information content (AvgIpc) is 2.14. The number of rotatable bonds is 3. The maximum atomic E-state index is 12.8. The van der Waals surface area contributed by atoms with E-state index < -0.39 is 17.6 Å². The Hall–Kier alpha value is -1.16. The van der Waals surface area contributed by atoms with E-state index in [9.17, 15) is 13.6 Å². The van der Waals surface area contributed by atoms with Crippen molar-refractivity contribution in [1.29, 1.82) is 0 Å².